The van der Waals surface area contributed by atoms with E-state index in [0.29, 0.717) is 24.0 Å². The smallest absolute Gasteiger partial charge is 0.258 e. The molecule has 0 spiro atoms. The molecular formula is C40H40N4O12. The molecule has 3 aromatic rings. The third kappa shape index (κ3) is 6.54. The van der Waals surface area contributed by atoms with Crippen LogP contribution in [0.4, 0.5) is 5.69 Å². The Labute approximate surface area is 319 Å². The number of rotatable bonds is 10. The second kappa shape index (κ2) is 14.7. The number of ether oxygens (including phenoxy) is 2. The van der Waals surface area contributed by atoms with E-state index in [4.69, 9.17) is 15.2 Å². The minimum atomic E-state index is -2.12. The largest absolute Gasteiger partial charge is 0.507 e. The number of nitrogens with two attached hydrogens (primary N) is 1. The van der Waals surface area contributed by atoms with Crippen molar-refractivity contribution in [1.29, 1.82) is 0 Å². The fourth-order valence-corrected chi connectivity index (χ4v) is 8.26. The highest BCUT2D eigenvalue weighted by molar-refractivity contribution is 6.31. The molecule has 4 aliphatic rings. The SMILES string of the molecule is COc1cccc2c1C(=O)c1c(O)c3c(c(O)c1C2=O)C[C@@](O)(C(C=O)NNC(=O)Cc1ccc(N2C(=O)C=CC2=O)cc1)C[C@@H]3OC1CC(C)C(O)C(N)C1. The van der Waals surface area contributed by atoms with E-state index in [1.165, 1.54) is 37.4 Å². The van der Waals surface area contributed by atoms with Gasteiger partial charge in [-0.1, -0.05) is 31.2 Å². The number of nitrogens with zero attached hydrogens (tertiary/aromatic N) is 1. The predicted octanol–water partition coefficient (Wildman–Crippen LogP) is 0.964. The van der Waals surface area contributed by atoms with Crippen LogP contribution in [-0.4, -0.2) is 93.0 Å². The molecule has 1 heterocycles. The van der Waals surface area contributed by atoms with E-state index in [2.05, 4.69) is 10.9 Å². The first-order chi connectivity index (χ1) is 26.7. The minimum Gasteiger partial charge on any atom is -0.507 e. The van der Waals surface area contributed by atoms with E-state index >= 15 is 0 Å². The maximum Gasteiger partial charge on any atom is 0.258 e. The number of carbonyl (C=O) groups excluding carboxylic acids is 6. The number of hydrogen-bond acceptors (Lipinski definition) is 14. The number of aliphatic hydroxyl groups excluding tert-OH is 1. The molecule has 16 nitrogen and oxygen atoms in total. The number of fused-ring (bicyclic) bond motifs is 3. The summed E-state index contributed by atoms with van der Waals surface area (Å²) < 4.78 is 11.8. The maximum absolute atomic E-state index is 14.0. The summed E-state index contributed by atoms with van der Waals surface area (Å²) >= 11 is 0. The first-order valence-electron chi connectivity index (χ1n) is 18.0. The highest BCUT2D eigenvalue weighted by Crippen LogP contribution is 2.53. The molecule has 0 saturated heterocycles. The van der Waals surface area contributed by atoms with Gasteiger partial charge in [0.2, 0.25) is 11.7 Å². The van der Waals surface area contributed by atoms with E-state index in [9.17, 15) is 49.2 Å². The number of imide groups is 1. The molecule has 1 fully saturated rings. The van der Waals surface area contributed by atoms with Gasteiger partial charge in [0.25, 0.3) is 11.8 Å². The van der Waals surface area contributed by atoms with E-state index in [1.54, 1.807) is 19.1 Å². The van der Waals surface area contributed by atoms with Gasteiger partial charge < -0.3 is 40.4 Å². The number of methoxy groups -OCH3 is 1. The summed E-state index contributed by atoms with van der Waals surface area (Å²) in [5.74, 6) is -4.72. The Balaban J connectivity index is 1.19. The lowest BCUT2D eigenvalue weighted by molar-refractivity contribution is -0.133. The summed E-state index contributed by atoms with van der Waals surface area (Å²) in [6.45, 7) is 1.79. The van der Waals surface area contributed by atoms with Gasteiger partial charge in [-0.25, -0.2) is 10.3 Å². The summed E-state index contributed by atoms with van der Waals surface area (Å²) in [6, 6.07) is 8.26. The second-order valence-electron chi connectivity index (χ2n) is 14.7. The molecule has 5 unspecified atom stereocenters. The van der Waals surface area contributed by atoms with E-state index in [-0.39, 0.29) is 46.8 Å². The quantitative estimate of drug-likeness (QED) is 0.0514. The Kier molecular flexibility index (Phi) is 10.1. The van der Waals surface area contributed by atoms with Gasteiger partial charge in [0.1, 0.15) is 29.6 Å². The van der Waals surface area contributed by atoms with Crippen LogP contribution in [0.25, 0.3) is 0 Å². The zero-order valence-corrected chi connectivity index (χ0v) is 30.4. The zero-order valence-electron chi connectivity index (χ0n) is 30.4. The summed E-state index contributed by atoms with van der Waals surface area (Å²) in [4.78, 5) is 78.6. The number of phenolic OH excluding ortho intramolecular Hbond substituents is 2. The van der Waals surface area contributed by atoms with Gasteiger partial charge >= 0.3 is 0 Å². The Morgan fingerprint density at radius 2 is 1.68 bits per heavy atom. The second-order valence-corrected chi connectivity index (χ2v) is 14.7. The lowest BCUT2D eigenvalue weighted by atomic mass is 9.71. The van der Waals surface area contributed by atoms with Crippen LogP contribution in [-0.2, 0) is 36.8 Å². The van der Waals surface area contributed by atoms with Crippen LogP contribution in [0.3, 0.4) is 0 Å². The van der Waals surface area contributed by atoms with Gasteiger partial charge in [0.05, 0.1) is 59.8 Å². The number of aldehydes is 1. The Morgan fingerprint density at radius 1 is 1.00 bits per heavy atom. The number of phenols is 2. The van der Waals surface area contributed by atoms with Gasteiger partial charge in [-0.05, 0) is 42.5 Å². The highest BCUT2D eigenvalue weighted by Gasteiger charge is 2.50. The van der Waals surface area contributed by atoms with Gasteiger partial charge in [-0.3, -0.25) is 29.4 Å². The number of aliphatic hydroxyl groups is 2. The van der Waals surface area contributed by atoms with E-state index < -0.39 is 101 Å². The molecule has 0 radical (unpaired) electrons. The Hall–Kier alpha value is -5.78. The Bertz CT molecular complexity index is 2170. The number of anilines is 1. The molecule has 7 rings (SSSR count). The van der Waals surface area contributed by atoms with Crippen LogP contribution in [0, 0.1) is 5.92 Å². The van der Waals surface area contributed by atoms with Crippen molar-refractivity contribution in [1.82, 2.24) is 10.9 Å². The molecule has 292 valence electrons. The molecule has 3 aliphatic carbocycles. The standard InChI is InChI=1S/C40H40N4O12/c1-18-12-21(14-24(41)35(18)49)56-26-16-40(54,27(17-45)42-43-28(46)13-19-6-8-20(9-7-19)44-29(47)10-11-30(44)48)15-23-32(26)39(53)34-33(37(23)51)36(50)22-4-3-5-25(55-2)31(22)38(34)52/h3-11,17-18,21,24,26-27,35,42,49,51,53-54H,12-16,41H2,1-2H3,(H,43,46)/t18?,21?,24?,26-,27?,35?,40-/m0/s1. The van der Waals surface area contributed by atoms with Gasteiger partial charge in [-0.15, -0.1) is 0 Å². The average molecular weight is 769 g/mol. The van der Waals surface area contributed by atoms with Crippen molar-refractivity contribution >= 4 is 41.3 Å². The van der Waals surface area contributed by atoms with Crippen LogP contribution in [0.1, 0.15) is 80.8 Å². The first-order valence-corrected chi connectivity index (χ1v) is 18.0. The number of carbonyl (C=O) groups is 6. The molecule has 0 aromatic heterocycles. The van der Waals surface area contributed by atoms with Crippen molar-refractivity contribution in [2.24, 2.45) is 11.7 Å². The van der Waals surface area contributed by atoms with Crippen LogP contribution < -0.4 is 26.2 Å². The summed E-state index contributed by atoms with van der Waals surface area (Å²) in [6.07, 6.45) is -0.695. The van der Waals surface area contributed by atoms with E-state index in [1.807, 2.05) is 0 Å². The van der Waals surface area contributed by atoms with Gasteiger partial charge in [-0.2, -0.15) is 0 Å². The van der Waals surface area contributed by atoms with Crippen LogP contribution in [0.5, 0.6) is 17.2 Å². The molecular weight excluding hydrogens is 728 g/mol. The topological polar surface area (TPSA) is 255 Å². The summed E-state index contributed by atoms with van der Waals surface area (Å²) in [5.41, 5.74) is 8.55. The van der Waals surface area contributed by atoms with Crippen molar-refractivity contribution in [2.45, 2.75) is 75.0 Å². The van der Waals surface area contributed by atoms with Crippen molar-refractivity contribution in [2.75, 3.05) is 12.0 Å². The van der Waals surface area contributed by atoms with Crippen LogP contribution in [0.2, 0.25) is 0 Å². The molecule has 16 heteroatoms. The number of amides is 3. The molecule has 3 aromatic carbocycles. The number of benzene rings is 3. The molecule has 0 bridgehead atoms. The fourth-order valence-electron chi connectivity index (χ4n) is 8.26. The number of ketones is 2. The lowest BCUT2D eigenvalue weighted by Gasteiger charge is -2.44. The van der Waals surface area contributed by atoms with Crippen molar-refractivity contribution in [3.63, 3.8) is 0 Å². The number of aromatic hydroxyl groups is 2. The number of nitrogens with one attached hydrogen (secondary N) is 2. The van der Waals surface area contributed by atoms with Crippen molar-refractivity contribution in [3.05, 3.63) is 93.6 Å². The highest BCUT2D eigenvalue weighted by atomic mass is 16.5. The van der Waals surface area contributed by atoms with Gasteiger partial charge in [0, 0.05) is 47.7 Å². The minimum absolute atomic E-state index is 0.0667. The molecule has 3 amide bonds. The zero-order chi connectivity index (χ0) is 40.2. The molecule has 8 N–H and O–H groups in total. The fraction of sp³-hybridized carbons (Fsp3) is 0.350. The van der Waals surface area contributed by atoms with Crippen LogP contribution >= 0.6 is 0 Å². The monoisotopic (exact) mass is 768 g/mol. The predicted molar refractivity (Wildman–Crippen MR) is 196 cm³/mol. The van der Waals surface area contributed by atoms with Gasteiger partial charge in [0.15, 0.2) is 5.78 Å². The number of hydrazine groups is 1. The molecule has 1 aliphatic heterocycles. The average Bonchev–Trinajstić information content (AvgIpc) is 3.50. The molecule has 56 heavy (non-hydrogen) atoms. The van der Waals surface area contributed by atoms with Crippen molar-refractivity contribution in [3.8, 4) is 17.2 Å². The molecule has 1 saturated carbocycles. The molecule has 7 atom stereocenters. The van der Waals surface area contributed by atoms with Crippen LogP contribution in [0.15, 0.2) is 54.6 Å². The summed E-state index contributed by atoms with van der Waals surface area (Å²) in [7, 11) is 1.32. The lowest BCUT2D eigenvalue weighted by Crippen LogP contribution is -2.60. The number of hydrogen-bond donors (Lipinski definition) is 7. The normalized spacial score (nSPS) is 26.0. The first kappa shape index (κ1) is 38.5. The maximum atomic E-state index is 14.0. The third-order valence-electron chi connectivity index (χ3n) is 11.1. The van der Waals surface area contributed by atoms with E-state index in [0.717, 1.165) is 17.1 Å². The van der Waals surface area contributed by atoms with Crippen molar-refractivity contribution < 1.29 is 58.7 Å². The summed E-state index contributed by atoms with van der Waals surface area (Å²) in [5, 5.41) is 46.4. The third-order valence-corrected chi connectivity index (χ3v) is 11.1. The Morgan fingerprint density at radius 3 is 2.32 bits per heavy atom.